The standard InChI is InChI=1S/C12H15ClN2O3/c13-9-1-2-11(10(14)7-9)18-8-12(16)15-3-5-17-6-4-15/h1-2,7H,3-6,8,14H2. The lowest BCUT2D eigenvalue weighted by molar-refractivity contribution is -0.137. The third kappa shape index (κ3) is 3.27. The van der Waals surface area contributed by atoms with Crippen LogP contribution in [0.3, 0.4) is 0 Å². The van der Waals surface area contributed by atoms with Crippen LogP contribution in [-0.4, -0.2) is 43.7 Å². The van der Waals surface area contributed by atoms with Crippen LogP contribution in [0.25, 0.3) is 0 Å². The number of morpholine rings is 1. The van der Waals surface area contributed by atoms with E-state index in [1.165, 1.54) is 0 Å². The Bertz CT molecular complexity index is 433. The molecule has 98 valence electrons. The first kappa shape index (κ1) is 13.0. The SMILES string of the molecule is Nc1cc(Cl)ccc1OCC(=O)N1CCOCC1. The van der Waals surface area contributed by atoms with E-state index in [0.29, 0.717) is 42.8 Å². The fourth-order valence-corrected chi connectivity index (χ4v) is 1.87. The maximum absolute atomic E-state index is 11.8. The summed E-state index contributed by atoms with van der Waals surface area (Å²) in [5.74, 6) is 0.411. The Morgan fingerprint density at radius 2 is 2.17 bits per heavy atom. The van der Waals surface area contributed by atoms with Crippen LogP contribution in [0.2, 0.25) is 5.02 Å². The van der Waals surface area contributed by atoms with Crippen LogP contribution in [0.5, 0.6) is 5.75 Å². The molecule has 2 rings (SSSR count). The van der Waals surface area contributed by atoms with Crippen molar-refractivity contribution in [3.8, 4) is 5.75 Å². The van der Waals surface area contributed by atoms with Crippen molar-refractivity contribution >= 4 is 23.2 Å². The highest BCUT2D eigenvalue weighted by atomic mass is 35.5. The van der Waals surface area contributed by atoms with Gasteiger partial charge in [-0.3, -0.25) is 4.79 Å². The van der Waals surface area contributed by atoms with Crippen LogP contribution in [0.1, 0.15) is 0 Å². The van der Waals surface area contributed by atoms with Crippen LogP contribution in [0.15, 0.2) is 18.2 Å². The summed E-state index contributed by atoms with van der Waals surface area (Å²) >= 11 is 5.78. The molecule has 6 heteroatoms. The molecule has 1 aromatic carbocycles. The lowest BCUT2D eigenvalue weighted by Gasteiger charge is -2.26. The number of nitrogens with two attached hydrogens (primary N) is 1. The van der Waals surface area contributed by atoms with Crippen molar-refractivity contribution in [3.05, 3.63) is 23.2 Å². The van der Waals surface area contributed by atoms with Crippen molar-refractivity contribution in [2.75, 3.05) is 38.6 Å². The summed E-state index contributed by atoms with van der Waals surface area (Å²) in [6, 6.07) is 4.92. The zero-order valence-corrected chi connectivity index (χ0v) is 10.7. The van der Waals surface area contributed by atoms with E-state index in [4.69, 9.17) is 26.8 Å². The van der Waals surface area contributed by atoms with Crippen LogP contribution in [0, 0.1) is 0 Å². The van der Waals surface area contributed by atoms with E-state index >= 15 is 0 Å². The Balaban J connectivity index is 1.88. The number of carbonyl (C=O) groups excluding carboxylic acids is 1. The summed E-state index contributed by atoms with van der Waals surface area (Å²) in [6.45, 7) is 2.35. The molecule has 0 aliphatic carbocycles. The summed E-state index contributed by atoms with van der Waals surface area (Å²) in [6.07, 6.45) is 0. The first-order valence-electron chi connectivity index (χ1n) is 5.70. The molecule has 1 fully saturated rings. The van der Waals surface area contributed by atoms with Gasteiger partial charge in [-0.1, -0.05) is 11.6 Å². The summed E-state index contributed by atoms with van der Waals surface area (Å²) in [5, 5.41) is 0.541. The third-order valence-corrected chi connectivity index (χ3v) is 2.92. The maximum atomic E-state index is 11.8. The second-order valence-electron chi connectivity index (χ2n) is 3.96. The molecule has 0 atom stereocenters. The van der Waals surface area contributed by atoms with Gasteiger partial charge in [0.05, 0.1) is 18.9 Å². The smallest absolute Gasteiger partial charge is 0.260 e. The largest absolute Gasteiger partial charge is 0.482 e. The molecule has 1 amide bonds. The molecular formula is C12H15ClN2O3. The lowest BCUT2D eigenvalue weighted by Crippen LogP contribution is -2.43. The van der Waals surface area contributed by atoms with E-state index in [2.05, 4.69) is 0 Å². The number of ether oxygens (including phenoxy) is 2. The van der Waals surface area contributed by atoms with E-state index in [9.17, 15) is 4.79 Å². The first-order valence-corrected chi connectivity index (χ1v) is 6.08. The van der Waals surface area contributed by atoms with Crippen LogP contribution in [0.4, 0.5) is 5.69 Å². The van der Waals surface area contributed by atoms with Crippen LogP contribution >= 0.6 is 11.6 Å². The van der Waals surface area contributed by atoms with Gasteiger partial charge >= 0.3 is 0 Å². The topological polar surface area (TPSA) is 64.8 Å². The summed E-state index contributed by atoms with van der Waals surface area (Å²) in [7, 11) is 0. The molecular weight excluding hydrogens is 256 g/mol. The van der Waals surface area contributed by atoms with E-state index < -0.39 is 0 Å². The van der Waals surface area contributed by atoms with Gasteiger partial charge in [-0.15, -0.1) is 0 Å². The Hall–Kier alpha value is -1.46. The van der Waals surface area contributed by atoms with Crippen molar-refractivity contribution < 1.29 is 14.3 Å². The van der Waals surface area contributed by atoms with E-state index in [-0.39, 0.29) is 12.5 Å². The Kier molecular flexibility index (Phi) is 4.28. The fourth-order valence-electron chi connectivity index (χ4n) is 1.69. The zero-order chi connectivity index (χ0) is 13.0. The Morgan fingerprint density at radius 3 is 2.83 bits per heavy atom. The number of amides is 1. The quantitative estimate of drug-likeness (QED) is 0.837. The molecule has 1 saturated heterocycles. The second kappa shape index (κ2) is 5.93. The van der Waals surface area contributed by atoms with Gasteiger partial charge in [0.25, 0.3) is 5.91 Å². The number of rotatable bonds is 3. The highest BCUT2D eigenvalue weighted by molar-refractivity contribution is 6.30. The molecule has 1 aliphatic heterocycles. The zero-order valence-electron chi connectivity index (χ0n) is 9.89. The summed E-state index contributed by atoms with van der Waals surface area (Å²) < 4.78 is 10.6. The average molecular weight is 271 g/mol. The predicted molar refractivity (Wildman–Crippen MR) is 68.8 cm³/mol. The molecule has 0 saturated carbocycles. The first-order chi connectivity index (χ1) is 8.66. The average Bonchev–Trinajstić information content (AvgIpc) is 2.38. The number of nitrogen functional groups attached to an aromatic ring is 1. The van der Waals surface area contributed by atoms with Gasteiger partial charge < -0.3 is 20.1 Å². The monoisotopic (exact) mass is 270 g/mol. The highest BCUT2D eigenvalue weighted by Crippen LogP contribution is 2.24. The Labute approximate surface area is 110 Å². The molecule has 18 heavy (non-hydrogen) atoms. The molecule has 0 bridgehead atoms. The Morgan fingerprint density at radius 1 is 1.44 bits per heavy atom. The minimum Gasteiger partial charge on any atom is -0.482 e. The number of benzene rings is 1. The molecule has 1 aromatic rings. The van der Waals surface area contributed by atoms with Gasteiger partial charge in [-0.2, -0.15) is 0 Å². The molecule has 2 N–H and O–H groups in total. The number of carbonyl (C=O) groups is 1. The summed E-state index contributed by atoms with van der Waals surface area (Å²) in [5.41, 5.74) is 6.16. The van der Waals surface area contributed by atoms with E-state index in [0.717, 1.165) is 0 Å². The van der Waals surface area contributed by atoms with Gasteiger partial charge in [0.1, 0.15) is 5.75 Å². The van der Waals surface area contributed by atoms with E-state index in [1.807, 2.05) is 0 Å². The molecule has 0 radical (unpaired) electrons. The number of nitrogens with zero attached hydrogens (tertiary/aromatic N) is 1. The summed E-state index contributed by atoms with van der Waals surface area (Å²) in [4.78, 5) is 13.5. The van der Waals surface area contributed by atoms with Gasteiger partial charge in [-0.25, -0.2) is 0 Å². The van der Waals surface area contributed by atoms with E-state index in [1.54, 1.807) is 23.1 Å². The maximum Gasteiger partial charge on any atom is 0.260 e. The minimum absolute atomic E-state index is 0.0220. The molecule has 1 aliphatic rings. The third-order valence-electron chi connectivity index (χ3n) is 2.69. The number of hydrogen-bond donors (Lipinski definition) is 1. The van der Waals surface area contributed by atoms with Crippen molar-refractivity contribution in [2.45, 2.75) is 0 Å². The molecule has 0 spiro atoms. The van der Waals surface area contributed by atoms with Crippen molar-refractivity contribution in [1.29, 1.82) is 0 Å². The van der Waals surface area contributed by atoms with Gasteiger partial charge in [0.15, 0.2) is 6.61 Å². The number of anilines is 1. The van der Waals surface area contributed by atoms with Gasteiger partial charge in [-0.05, 0) is 18.2 Å². The minimum atomic E-state index is -0.0624. The lowest BCUT2D eigenvalue weighted by atomic mass is 10.3. The van der Waals surface area contributed by atoms with Crippen LogP contribution < -0.4 is 10.5 Å². The predicted octanol–water partition coefficient (Wildman–Crippen LogP) is 1.16. The van der Waals surface area contributed by atoms with Crippen molar-refractivity contribution in [3.63, 3.8) is 0 Å². The fraction of sp³-hybridized carbons (Fsp3) is 0.417. The normalized spacial score (nSPS) is 15.5. The molecule has 1 heterocycles. The molecule has 5 nitrogen and oxygen atoms in total. The van der Waals surface area contributed by atoms with Crippen LogP contribution in [-0.2, 0) is 9.53 Å². The van der Waals surface area contributed by atoms with Crippen molar-refractivity contribution in [2.24, 2.45) is 0 Å². The van der Waals surface area contributed by atoms with Gasteiger partial charge in [0, 0.05) is 18.1 Å². The van der Waals surface area contributed by atoms with Gasteiger partial charge in [0.2, 0.25) is 0 Å². The molecule has 0 aromatic heterocycles. The highest BCUT2D eigenvalue weighted by Gasteiger charge is 2.17. The van der Waals surface area contributed by atoms with Crippen molar-refractivity contribution in [1.82, 2.24) is 4.90 Å². The number of halogens is 1. The molecule has 0 unspecified atom stereocenters. The second-order valence-corrected chi connectivity index (χ2v) is 4.40. The number of hydrogen-bond acceptors (Lipinski definition) is 4.